The Balaban J connectivity index is 1.99. The van der Waals surface area contributed by atoms with E-state index in [2.05, 4.69) is 32.0 Å². The first-order valence-corrected chi connectivity index (χ1v) is 10.2. The second-order valence-electron chi connectivity index (χ2n) is 5.87. The smallest absolute Gasteiger partial charge is 0.265 e. The van der Waals surface area contributed by atoms with Crippen LogP contribution in [0.1, 0.15) is 41.5 Å². The van der Waals surface area contributed by atoms with Crippen LogP contribution in [-0.2, 0) is 17.8 Å². The molecule has 0 radical (unpaired) electrons. The lowest BCUT2D eigenvalue weighted by Gasteiger charge is -2.08. The summed E-state index contributed by atoms with van der Waals surface area (Å²) in [5.41, 5.74) is 0.618. The van der Waals surface area contributed by atoms with Crippen molar-refractivity contribution in [3.8, 4) is 0 Å². The molecule has 10 heteroatoms. The summed E-state index contributed by atoms with van der Waals surface area (Å²) >= 11 is 2.54. The van der Waals surface area contributed by atoms with Crippen LogP contribution in [0.5, 0.6) is 0 Å². The van der Waals surface area contributed by atoms with Gasteiger partial charge < -0.3 is 14.8 Å². The average molecular weight is 397 g/mol. The zero-order chi connectivity index (χ0) is 19.3. The Hall–Kier alpha value is -1.94. The molecule has 0 saturated carbocycles. The Morgan fingerprint density at radius 1 is 1.27 bits per heavy atom. The van der Waals surface area contributed by atoms with E-state index in [-0.39, 0.29) is 17.6 Å². The fourth-order valence-corrected chi connectivity index (χ4v) is 4.06. The molecule has 0 aliphatic heterocycles. The Kier molecular flexibility index (Phi) is 7.15. The molecule has 0 bridgehead atoms. The van der Waals surface area contributed by atoms with E-state index in [1.54, 1.807) is 21.0 Å². The van der Waals surface area contributed by atoms with Gasteiger partial charge in [0.25, 0.3) is 5.91 Å². The van der Waals surface area contributed by atoms with Crippen molar-refractivity contribution < 1.29 is 9.59 Å². The van der Waals surface area contributed by atoms with Gasteiger partial charge >= 0.3 is 0 Å². The molecule has 0 fully saturated rings. The van der Waals surface area contributed by atoms with Crippen molar-refractivity contribution in [3.63, 3.8) is 0 Å². The number of rotatable bonds is 8. The summed E-state index contributed by atoms with van der Waals surface area (Å²) in [6, 6.07) is 0. The monoisotopic (exact) mass is 396 g/mol. The van der Waals surface area contributed by atoms with E-state index in [1.165, 1.54) is 28.0 Å². The van der Waals surface area contributed by atoms with Gasteiger partial charge in [-0.2, -0.15) is 0 Å². The van der Waals surface area contributed by atoms with Crippen LogP contribution in [0.2, 0.25) is 0 Å². The number of nitrogens with one attached hydrogen (secondary N) is 1. The number of hydrogen-bond acceptors (Lipinski definition) is 7. The summed E-state index contributed by atoms with van der Waals surface area (Å²) < 4.78 is 2.05. The van der Waals surface area contributed by atoms with E-state index in [0.717, 1.165) is 30.4 Å². The summed E-state index contributed by atoms with van der Waals surface area (Å²) in [7, 11) is 3.38. The van der Waals surface area contributed by atoms with Crippen molar-refractivity contribution in [2.24, 2.45) is 0 Å². The number of carbonyl (C=O) groups excluding carboxylic acids is 2. The van der Waals surface area contributed by atoms with Crippen molar-refractivity contribution in [1.82, 2.24) is 24.6 Å². The number of aryl methyl sites for hydroxylation is 2. The molecule has 0 saturated heterocycles. The van der Waals surface area contributed by atoms with E-state index >= 15 is 0 Å². The third-order valence-corrected chi connectivity index (χ3v) is 5.56. The molecule has 8 nitrogen and oxygen atoms in total. The molecule has 2 rings (SSSR count). The van der Waals surface area contributed by atoms with Crippen LogP contribution in [0.4, 0.5) is 5.13 Å². The first-order valence-electron chi connectivity index (χ1n) is 8.41. The maximum absolute atomic E-state index is 12.2. The van der Waals surface area contributed by atoms with Crippen LogP contribution in [0.3, 0.4) is 0 Å². The molecule has 0 spiro atoms. The highest BCUT2D eigenvalue weighted by Gasteiger charge is 2.18. The van der Waals surface area contributed by atoms with Gasteiger partial charge in [0.2, 0.25) is 5.91 Å². The van der Waals surface area contributed by atoms with Crippen molar-refractivity contribution in [3.05, 3.63) is 16.4 Å². The molecule has 26 heavy (non-hydrogen) atoms. The second-order valence-corrected chi connectivity index (χ2v) is 7.82. The van der Waals surface area contributed by atoms with E-state index in [4.69, 9.17) is 0 Å². The predicted octanol–water partition coefficient (Wildman–Crippen LogP) is 2.45. The number of nitrogens with zero attached hydrogens (tertiary/aromatic N) is 5. The lowest BCUT2D eigenvalue weighted by Crippen LogP contribution is -2.21. The number of anilines is 1. The average Bonchev–Trinajstić information content (AvgIpc) is 3.15. The normalized spacial score (nSPS) is 10.8. The molecule has 0 aromatic carbocycles. The predicted molar refractivity (Wildman–Crippen MR) is 104 cm³/mol. The molecule has 2 amide bonds. The van der Waals surface area contributed by atoms with Gasteiger partial charge in [0.05, 0.1) is 11.4 Å². The molecular formula is C16H24N6O2S2. The quantitative estimate of drug-likeness (QED) is 0.689. The summed E-state index contributed by atoms with van der Waals surface area (Å²) in [6.07, 6.45) is 1.78. The largest absolute Gasteiger partial charge is 0.344 e. The van der Waals surface area contributed by atoms with Gasteiger partial charge in [-0.25, -0.2) is 4.98 Å². The maximum Gasteiger partial charge on any atom is 0.265 e. The van der Waals surface area contributed by atoms with Crippen molar-refractivity contribution in [2.45, 2.75) is 45.3 Å². The first kappa shape index (κ1) is 20.4. The van der Waals surface area contributed by atoms with Crippen LogP contribution >= 0.6 is 23.1 Å². The molecule has 0 aliphatic carbocycles. The van der Waals surface area contributed by atoms with Crippen LogP contribution in [0, 0.1) is 6.92 Å². The highest BCUT2D eigenvalue weighted by atomic mass is 32.2. The third-order valence-electron chi connectivity index (χ3n) is 3.53. The lowest BCUT2D eigenvalue weighted by atomic mass is 10.3. The van der Waals surface area contributed by atoms with Crippen molar-refractivity contribution in [2.75, 3.05) is 25.2 Å². The molecular weight excluding hydrogens is 372 g/mol. The topological polar surface area (TPSA) is 93.0 Å². The maximum atomic E-state index is 12.2. The Labute approximate surface area is 161 Å². The Morgan fingerprint density at radius 3 is 2.62 bits per heavy atom. The van der Waals surface area contributed by atoms with E-state index in [0.29, 0.717) is 15.7 Å². The van der Waals surface area contributed by atoms with E-state index < -0.39 is 0 Å². The van der Waals surface area contributed by atoms with Crippen molar-refractivity contribution >= 4 is 40.0 Å². The number of aromatic nitrogens is 4. The summed E-state index contributed by atoms with van der Waals surface area (Å²) in [6.45, 7) is 6.73. The van der Waals surface area contributed by atoms with Gasteiger partial charge in [0, 0.05) is 27.1 Å². The molecule has 142 valence electrons. The summed E-state index contributed by atoms with van der Waals surface area (Å²) in [5, 5.41) is 12.3. The Morgan fingerprint density at radius 2 is 2.00 bits per heavy atom. The van der Waals surface area contributed by atoms with Gasteiger partial charge in [-0.15, -0.1) is 10.2 Å². The first-order chi connectivity index (χ1) is 12.4. The van der Waals surface area contributed by atoms with Gasteiger partial charge in [-0.05, 0) is 13.3 Å². The molecule has 0 atom stereocenters. The number of amides is 2. The second kappa shape index (κ2) is 9.13. The summed E-state index contributed by atoms with van der Waals surface area (Å²) in [4.78, 5) is 30.6. The van der Waals surface area contributed by atoms with Crippen LogP contribution < -0.4 is 5.32 Å². The lowest BCUT2D eigenvalue weighted by molar-refractivity contribution is -0.113. The van der Waals surface area contributed by atoms with Gasteiger partial charge in [-0.1, -0.05) is 36.9 Å². The fourth-order valence-electron chi connectivity index (χ4n) is 2.27. The van der Waals surface area contributed by atoms with Crippen LogP contribution in [0.25, 0.3) is 0 Å². The minimum Gasteiger partial charge on any atom is -0.344 e. The SMILES string of the molecule is CCCn1c(CC)nnc1SCC(=O)Nc1nc(C)c(C(=O)N(C)C)s1. The van der Waals surface area contributed by atoms with Crippen LogP contribution in [-0.4, -0.2) is 56.3 Å². The summed E-state index contributed by atoms with van der Waals surface area (Å²) in [5.74, 6) is 0.838. The van der Waals surface area contributed by atoms with Crippen LogP contribution in [0.15, 0.2) is 5.16 Å². The minimum absolute atomic E-state index is 0.116. The van der Waals surface area contributed by atoms with Crippen molar-refractivity contribution in [1.29, 1.82) is 0 Å². The highest BCUT2D eigenvalue weighted by Crippen LogP contribution is 2.24. The number of hydrogen-bond donors (Lipinski definition) is 1. The van der Waals surface area contributed by atoms with Gasteiger partial charge in [0.1, 0.15) is 10.7 Å². The minimum atomic E-state index is -0.184. The number of carbonyl (C=O) groups is 2. The molecule has 2 heterocycles. The zero-order valence-corrected chi connectivity index (χ0v) is 17.3. The third kappa shape index (κ3) is 4.82. The van der Waals surface area contributed by atoms with E-state index in [9.17, 15) is 9.59 Å². The van der Waals surface area contributed by atoms with Gasteiger partial charge in [0.15, 0.2) is 10.3 Å². The molecule has 2 aromatic rings. The molecule has 1 N–H and O–H groups in total. The number of thiazole rings is 1. The standard InChI is InChI=1S/C16H24N6O2S2/c1-6-8-22-11(7-2)19-20-16(22)25-9-12(23)18-15-17-10(3)13(26-15)14(24)21(4)5/h6-9H2,1-5H3,(H,17,18,23). The molecule has 0 unspecified atom stereocenters. The number of thioether (sulfide) groups is 1. The molecule has 0 aliphatic rings. The highest BCUT2D eigenvalue weighted by molar-refractivity contribution is 7.99. The van der Waals surface area contributed by atoms with Gasteiger partial charge in [-0.3, -0.25) is 9.59 Å². The zero-order valence-electron chi connectivity index (χ0n) is 15.7. The molecule has 2 aromatic heterocycles. The Bertz CT molecular complexity index is 784. The van der Waals surface area contributed by atoms with E-state index in [1.807, 2.05) is 6.92 Å². The fraction of sp³-hybridized carbons (Fsp3) is 0.562.